The first-order chi connectivity index (χ1) is 17.4. The summed E-state index contributed by atoms with van der Waals surface area (Å²) in [5.74, 6) is 0.385. The van der Waals surface area contributed by atoms with Crippen LogP contribution in [0.3, 0.4) is 0 Å². The Kier molecular flexibility index (Phi) is 10.00. The van der Waals surface area contributed by atoms with Crippen LogP contribution in [0.4, 0.5) is 0 Å². The molecule has 6 nitrogen and oxygen atoms in total. The molecule has 3 heterocycles. The number of hydrogen-bond donors (Lipinski definition) is 2. The van der Waals surface area contributed by atoms with Gasteiger partial charge in [0.25, 0.3) is 0 Å². The third-order valence-electron chi connectivity index (χ3n) is 7.88. The summed E-state index contributed by atoms with van der Waals surface area (Å²) in [6.45, 7) is 6.40. The molecule has 36 heavy (non-hydrogen) atoms. The SMILES string of the molecule is C=C1C[C@H](C)C[C@@H]2CC=C[C@@H](C/C=C\C(=O)O[C@H]([C@@H](O)/C=C/C3CCCCC3)C[C@@H]3O[C@H]3[C@@H](O)C1)O2. The quantitative estimate of drug-likeness (QED) is 0.324. The van der Waals surface area contributed by atoms with Crippen LogP contribution in [-0.2, 0) is 19.0 Å². The number of allylic oxidation sites excluding steroid dienone is 1. The summed E-state index contributed by atoms with van der Waals surface area (Å²) in [6.07, 6.45) is 18.5. The molecule has 4 rings (SSSR count). The number of epoxide rings is 1. The second-order valence-electron chi connectivity index (χ2n) is 11.3. The zero-order valence-corrected chi connectivity index (χ0v) is 21.7. The average Bonchev–Trinajstić information content (AvgIpc) is 3.62. The summed E-state index contributed by atoms with van der Waals surface area (Å²) in [5.41, 5.74) is 1.01. The lowest BCUT2D eigenvalue weighted by Crippen LogP contribution is -2.32. The second kappa shape index (κ2) is 13.2. The molecule has 8 atom stereocenters. The van der Waals surface area contributed by atoms with Crippen molar-refractivity contribution in [1.29, 1.82) is 0 Å². The molecule has 1 aliphatic carbocycles. The first-order valence-corrected chi connectivity index (χ1v) is 13.9. The Labute approximate surface area is 216 Å². The van der Waals surface area contributed by atoms with Gasteiger partial charge in [-0.05, 0) is 56.8 Å². The smallest absolute Gasteiger partial charge is 0.330 e. The van der Waals surface area contributed by atoms with Gasteiger partial charge in [0.05, 0.1) is 24.4 Å². The van der Waals surface area contributed by atoms with E-state index in [0.29, 0.717) is 31.1 Å². The first kappa shape index (κ1) is 27.3. The van der Waals surface area contributed by atoms with Crippen molar-refractivity contribution in [1.82, 2.24) is 0 Å². The number of aliphatic hydroxyl groups is 2. The van der Waals surface area contributed by atoms with Crippen molar-refractivity contribution >= 4 is 5.97 Å². The van der Waals surface area contributed by atoms with Gasteiger partial charge < -0.3 is 24.4 Å². The largest absolute Gasteiger partial charge is 0.456 e. The molecule has 0 aromatic heterocycles. The Morgan fingerprint density at radius 2 is 1.89 bits per heavy atom. The van der Waals surface area contributed by atoms with Crippen molar-refractivity contribution in [3.8, 4) is 0 Å². The lowest BCUT2D eigenvalue weighted by Gasteiger charge is -2.28. The minimum Gasteiger partial charge on any atom is -0.456 e. The number of carbonyl (C=O) groups excluding carboxylic acids is 1. The predicted molar refractivity (Wildman–Crippen MR) is 139 cm³/mol. The summed E-state index contributed by atoms with van der Waals surface area (Å²) >= 11 is 0. The Morgan fingerprint density at radius 1 is 1.08 bits per heavy atom. The van der Waals surface area contributed by atoms with Crippen LogP contribution in [0.5, 0.6) is 0 Å². The fourth-order valence-corrected chi connectivity index (χ4v) is 5.92. The molecule has 0 aromatic rings. The van der Waals surface area contributed by atoms with E-state index in [1.165, 1.54) is 25.3 Å². The molecule has 0 aromatic carbocycles. The summed E-state index contributed by atoms with van der Waals surface area (Å²) in [6, 6.07) is 0. The van der Waals surface area contributed by atoms with Gasteiger partial charge in [0.15, 0.2) is 0 Å². The van der Waals surface area contributed by atoms with Gasteiger partial charge in [-0.1, -0.05) is 68.7 Å². The number of rotatable bonds is 3. The topological polar surface area (TPSA) is 88.5 Å². The van der Waals surface area contributed by atoms with Gasteiger partial charge in [-0.25, -0.2) is 4.79 Å². The maximum absolute atomic E-state index is 12.6. The van der Waals surface area contributed by atoms with Crippen LogP contribution in [0.1, 0.15) is 77.6 Å². The molecule has 4 aliphatic rings. The summed E-state index contributed by atoms with van der Waals surface area (Å²) in [5, 5.41) is 21.7. The highest BCUT2D eigenvalue weighted by Gasteiger charge is 2.46. The van der Waals surface area contributed by atoms with E-state index >= 15 is 0 Å². The number of esters is 1. The molecule has 2 N–H and O–H groups in total. The number of fused-ring (bicyclic) bond motifs is 3. The third kappa shape index (κ3) is 8.41. The number of hydrogen-bond acceptors (Lipinski definition) is 6. The molecule has 0 radical (unpaired) electrons. The highest BCUT2D eigenvalue weighted by molar-refractivity contribution is 5.82. The van der Waals surface area contributed by atoms with Crippen molar-refractivity contribution in [3.63, 3.8) is 0 Å². The maximum atomic E-state index is 12.6. The molecular formula is C30H44O6. The van der Waals surface area contributed by atoms with E-state index in [0.717, 1.165) is 37.7 Å². The molecule has 0 unspecified atom stereocenters. The van der Waals surface area contributed by atoms with E-state index in [2.05, 4.69) is 31.7 Å². The van der Waals surface area contributed by atoms with Crippen LogP contribution < -0.4 is 0 Å². The molecule has 200 valence electrons. The Bertz CT molecular complexity index is 825. The second-order valence-corrected chi connectivity index (χ2v) is 11.3. The van der Waals surface area contributed by atoms with Gasteiger partial charge in [-0.15, -0.1) is 0 Å². The summed E-state index contributed by atoms with van der Waals surface area (Å²) in [4.78, 5) is 12.6. The van der Waals surface area contributed by atoms with E-state index in [9.17, 15) is 15.0 Å². The maximum Gasteiger partial charge on any atom is 0.330 e. The van der Waals surface area contributed by atoms with Crippen LogP contribution in [-0.4, -0.2) is 58.9 Å². The van der Waals surface area contributed by atoms with Crippen LogP contribution in [0.15, 0.2) is 48.6 Å². The number of aliphatic hydroxyl groups excluding tert-OH is 2. The molecule has 6 heteroatoms. The van der Waals surface area contributed by atoms with Crippen molar-refractivity contribution in [3.05, 3.63) is 48.6 Å². The van der Waals surface area contributed by atoms with Crippen LogP contribution in [0.25, 0.3) is 0 Å². The normalized spacial score (nSPS) is 39.0. The minimum absolute atomic E-state index is 0.0654. The fourth-order valence-electron chi connectivity index (χ4n) is 5.92. The molecule has 3 aliphatic heterocycles. The van der Waals surface area contributed by atoms with E-state index in [1.54, 1.807) is 12.2 Å². The van der Waals surface area contributed by atoms with Crippen LogP contribution in [0.2, 0.25) is 0 Å². The van der Waals surface area contributed by atoms with Crippen molar-refractivity contribution < 1.29 is 29.2 Å². The van der Waals surface area contributed by atoms with Gasteiger partial charge in [-0.3, -0.25) is 0 Å². The van der Waals surface area contributed by atoms with Crippen LogP contribution in [0, 0.1) is 11.8 Å². The molecule has 2 bridgehead atoms. The molecule has 1 saturated carbocycles. The van der Waals surface area contributed by atoms with Gasteiger partial charge in [-0.2, -0.15) is 0 Å². The molecule has 0 amide bonds. The fraction of sp³-hybridized carbons (Fsp3) is 0.700. The van der Waals surface area contributed by atoms with Gasteiger partial charge in [0.2, 0.25) is 0 Å². The standard InChI is InChI=1S/C30H44O6/c1-20-16-21(2)18-26(32)30-28(36-30)19-27(25(31)15-14-22-8-4-3-5-9-22)35-29(33)13-7-11-23-10-6-12-24(17-20)34-23/h6-7,10,13-15,20,22-28,30-32H,2-5,8-9,11-12,16-19H2,1H3/b13-7-,15-14+/t20-,23-,24-,25-,26-,27-,28-,30-/m0/s1. The lowest BCUT2D eigenvalue weighted by atomic mass is 9.88. The molecule has 2 fully saturated rings. The number of ether oxygens (including phenoxy) is 3. The Hall–Kier alpha value is -1.73. The number of cyclic esters (lactones) is 1. The average molecular weight is 501 g/mol. The van der Waals surface area contributed by atoms with Gasteiger partial charge in [0.1, 0.15) is 18.3 Å². The Balaban J connectivity index is 1.44. The summed E-state index contributed by atoms with van der Waals surface area (Å²) in [7, 11) is 0. The zero-order valence-electron chi connectivity index (χ0n) is 21.7. The highest BCUT2D eigenvalue weighted by Crippen LogP contribution is 2.35. The molecule has 0 spiro atoms. The predicted octanol–water partition coefficient (Wildman–Crippen LogP) is 4.95. The van der Waals surface area contributed by atoms with E-state index < -0.39 is 24.3 Å². The van der Waals surface area contributed by atoms with E-state index in [4.69, 9.17) is 14.2 Å². The first-order valence-electron chi connectivity index (χ1n) is 13.9. The third-order valence-corrected chi connectivity index (χ3v) is 7.88. The zero-order chi connectivity index (χ0) is 25.5. The summed E-state index contributed by atoms with van der Waals surface area (Å²) < 4.78 is 17.7. The van der Waals surface area contributed by atoms with Crippen molar-refractivity contribution in [2.24, 2.45) is 11.8 Å². The van der Waals surface area contributed by atoms with E-state index in [1.807, 2.05) is 0 Å². The van der Waals surface area contributed by atoms with Crippen molar-refractivity contribution in [2.45, 2.75) is 120 Å². The van der Waals surface area contributed by atoms with E-state index in [-0.39, 0.29) is 24.4 Å². The van der Waals surface area contributed by atoms with Crippen LogP contribution >= 0.6 is 0 Å². The lowest BCUT2D eigenvalue weighted by molar-refractivity contribution is -0.148. The monoisotopic (exact) mass is 500 g/mol. The minimum atomic E-state index is -0.918. The Morgan fingerprint density at radius 3 is 2.69 bits per heavy atom. The highest BCUT2D eigenvalue weighted by atomic mass is 16.6. The van der Waals surface area contributed by atoms with Gasteiger partial charge >= 0.3 is 5.97 Å². The van der Waals surface area contributed by atoms with Crippen molar-refractivity contribution in [2.75, 3.05) is 0 Å². The molecule has 1 saturated heterocycles. The van der Waals surface area contributed by atoms with Gasteiger partial charge in [0, 0.05) is 12.5 Å². The molecular weight excluding hydrogens is 456 g/mol. The number of carbonyl (C=O) groups is 1.